The second-order valence-electron chi connectivity index (χ2n) is 7.92. The summed E-state index contributed by atoms with van der Waals surface area (Å²) in [6.45, 7) is 9.54. The van der Waals surface area contributed by atoms with Crippen LogP contribution in [0.4, 0.5) is 0 Å². The molecule has 1 fully saturated rings. The summed E-state index contributed by atoms with van der Waals surface area (Å²) in [7, 11) is 0. The van der Waals surface area contributed by atoms with Crippen molar-refractivity contribution in [1.29, 1.82) is 0 Å². The lowest BCUT2D eigenvalue weighted by atomic mass is 9.97. The van der Waals surface area contributed by atoms with Crippen molar-refractivity contribution in [3.63, 3.8) is 0 Å². The van der Waals surface area contributed by atoms with Gasteiger partial charge in [-0.05, 0) is 58.2 Å². The minimum absolute atomic E-state index is 0.0173. The number of likely N-dealkylation sites (tertiary alicyclic amines) is 1. The summed E-state index contributed by atoms with van der Waals surface area (Å²) in [6, 6.07) is 9.31. The van der Waals surface area contributed by atoms with Crippen LogP contribution < -0.4 is 5.32 Å². The molecule has 5 heteroatoms. The number of carbonyl (C=O) groups excluding carboxylic acids is 1. The number of rotatable bonds is 7. The van der Waals surface area contributed by atoms with E-state index in [1.807, 2.05) is 51.1 Å². The lowest BCUT2D eigenvalue weighted by Crippen LogP contribution is -2.45. The predicted octanol–water partition coefficient (Wildman–Crippen LogP) is 2.30. The number of nitrogens with zero attached hydrogens (tertiary/aromatic N) is 1. The standard InChI is InChI=1S/C20H32N2O3/c1-20(2,3)25-15-18(23)14-22-11-7-8-16(13-22)12-21-19(24)17-9-5-4-6-10-17/h4-6,9-10,16,18,23H,7-8,11-15H2,1-3H3,(H,21,24). The second-order valence-corrected chi connectivity index (χ2v) is 7.92. The van der Waals surface area contributed by atoms with E-state index in [1.54, 1.807) is 0 Å². The van der Waals surface area contributed by atoms with Gasteiger partial charge < -0.3 is 20.1 Å². The van der Waals surface area contributed by atoms with Crippen LogP contribution in [0.1, 0.15) is 44.0 Å². The Hall–Kier alpha value is -1.43. The zero-order valence-electron chi connectivity index (χ0n) is 15.7. The first-order valence-corrected chi connectivity index (χ1v) is 9.21. The number of nitrogens with one attached hydrogen (secondary N) is 1. The van der Waals surface area contributed by atoms with Crippen LogP contribution in [-0.2, 0) is 4.74 Å². The van der Waals surface area contributed by atoms with Crippen LogP contribution in [0.25, 0.3) is 0 Å². The molecule has 1 aliphatic rings. The molecule has 25 heavy (non-hydrogen) atoms. The van der Waals surface area contributed by atoms with Crippen molar-refractivity contribution >= 4 is 5.91 Å². The molecule has 0 bridgehead atoms. The molecule has 0 radical (unpaired) electrons. The van der Waals surface area contributed by atoms with E-state index in [4.69, 9.17) is 4.74 Å². The van der Waals surface area contributed by atoms with Crippen molar-refractivity contribution in [2.24, 2.45) is 5.92 Å². The van der Waals surface area contributed by atoms with Crippen molar-refractivity contribution in [2.45, 2.75) is 45.3 Å². The average Bonchev–Trinajstić information content (AvgIpc) is 2.58. The topological polar surface area (TPSA) is 61.8 Å². The van der Waals surface area contributed by atoms with E-state index in [1.165, 1.54) is 0 Å². The lowest BCUT2D eigenvalue weighted by molar-refractivity contribution is -0.0583. The Bertz CT molecular complexity index is 527. The van der Waals surface area contributed by atoms with Crippen LogP contribution in [0.2, 0.25) is 0 Å². The normalized spacial score (nSPS) is 20.2. The summed E-state index contributed by atoms with van der Waals surface area (Å²) in [5, 5.41) is 13.2. The summed E-state index contributed by atoms with van der Waals surface area (Å²) >= 11 is 0. The second kappa shape index (κ2) is 9.32. The zero-order valence-corrected chi connectivity index (χ0v) is 15.7. The number of aliphatic hydroxyl groups excluding tert-OH is 1. The van der Waals surface area contributed by atoms with Crippen LogP contribution in [0.3, 0.4) is 0 Å². The van der Waals surface area contributed by atoms with Gasteiger partial charge in [0.25, 0.3) is 5.91 Å². The third-order valence-electron chi connectivity index (χ3n) is 4.37. The fourth-order valence-corrected chi connectivity index (χ4v) is 3.11. The molecule has 0 aromatic heterocycles. The molecule has 1 aromatic rings. The maximum atomic E-state index is 12.1. The monoisotopic (exact) mass is 348 g/mol. The lowest BCUT2D eigenvalue weighted by Gasteiger charge is -2.34. The zero-order chi connectivity index (χ0) is 18.3. The Morgan fingerprint density at radius 1 is 1.36 bits per heavy atom. The molecule has 0 spiro atoms. The highest BCUT2D eigenvalue weighted by atomic mass is 16.5. The molecular weight excluding hydrogens is 316 g/mol. The third kappa shape index (κ3) is 7.55. The van der Waals surface area contributed by atoms with Gasteiger partial charge in [-0.25, -0.2) is 0 Å². The van der Waals surface area contributed by atoms with Gasteiger partial charge in [-0.1, -0.05) is 18.2 Å². The summed E-state index contributed by atoms with van der Waals surface area (Å²) in [4.78, 5) is 14.4. The van der Waals surface area contributed by atoms with E-state index in [0.29, 0.717) is 31.2 Å². The highest BCUT2D eigenvalue weighted by Gasteiger charge is 2.23. The minimum Gasteiger partial charge on any atom is -0.389 e. The Kier molecular flexibility index (Phi) is 7.41. The maximum Gasteiger partial charge on any atom is 0.251 e. The highest BCUT2D eigenvalue weighted by molar-refractivity contribution is 5.94. The van der Waals surface area contributed by atoms with Gasteiger partial charge in [-0.2, -0.15) is 0 Å². The number of carbonyl (C=O) groups is 1. The number of aliphatic hydroxyl groups is 1. The molecule has 1 aromatic carbocycles. The molecule has 2 unspecified atom stereocenters. The fourth-order valence-electron chi connectivity index (χ4n) is 3.11. The van der Waals surface area contributed by atoms with Gasteiger partial charge in [0.15, 0.2) is 0 Å². The first kappa shape index (κ1) is 19.9. The molecule has 1 amide bonds. The molecule has 1 saturated heterocycles. The van der Waals surface area contributed by atoms with E-state index in [9.17, 15) is 9.90 Å². The van der Waals surface area contributed by atoms with Crippen LogP contribution in [-0.4, -0.2) is 60.4 Å². The van der Waals surface area contributed by atoms with Gasteiger partial charge in [0.1, 0.15) is 0 Å². The van der Waals surface area contributed by atoms with Crippen LogP contribution >= 0.6 is 0 Å². The van der Waals surface area contributed by atoms with Gasteiger partial charge >= 0.3 is 0 Å². The number of ether oxygens (including phenoxy) is 1. The van der Waals surface area contributed by atoms with Crippen molar-refractivity contribution in [3.8, 4) is 0 Å². The molecule has 1 heterocycles. The summed E-state index contributed by atoms with van der Waals surface area (Å²) in [5.74, 6) is 0.411. The van der Waals surface area contributed by atoms with Crippen LogP contribution in [0.15, 0.2) is 30.3 Å². The fraction of sp³-hybridized carbons (Fsp3) is 0.650. The number of benzene rings is 1. The molecule has 1 aliphatic heterocycles. The number of hydrogen-bond donors (Lipinski definition) is 2. The van der Waals surface area contributed by atoms with Crippen molar-refractivity contribution in [3.05, 3.63) is 35.9 Å². The van der Waals surface area contributed by atoms with Crippen LogP contribution in [0.5, 0.6) is 0 Å². The molecular formula is C20H32N2O3. The Labute approximate surface area is 151 Å². The molecule has 5 nitrogen and oxygen atoms in total. The number of hydrogen-bond acceptors (Lipinski definition) is 4. The van der Waals surface area contributed by atoms with E-state index < -0.39 is 6.10 Å². The molecule has 140 valence electrons. The maximum absolute atomic E-state index is 12.1. The summed E-state index contributed by atoms with van der Waals surface area (Å²) < 4.78 is 5.65. The average molecular weight is 348 g/mol. The predicted molar refractivity (Wildman–Crippen MR) is 99.7 cm³/mol. The third-order valence-corrected chi connectivity index (χ3v) is 4.37. The quantitative estimate of drug-likeness (QED) is 0.794. The number of piperidine rings is 1. The number of amides is 1. The van der Waals surface area contributed by atoms with Crippen molar-refractivity contribution in [2.75, 3.05) is 32.8 Å². The van der Waals surface area contributed by atoms with Gasteiger partial charge in [-0.15, -0.1) is 0 Å². The van der Waals surface area contributed by atoms with E-state index >= 15 is 0 Å². The SMILES string of the molecule is CC(C)(C)OCC(O)CN1CCCC(CNC(=O)c2ccccc2)C1. The Morgan fingerprint density at radius 3 is 2.76 bits per heavy atom. The highest BCUT2D eigenvalue weighted by Crippen LogP contribution is 2.17. The van der Waals surface area contributed by atoms with Crippen molar-refractivity contribution in [1.82, 2.24) is 10.2 Å². The number of β-amino-alcohol motifs (C(OH)–C–C–N with tert-alkyl or cyclic N) is 1. The minimum atomic E-state index is -0.475. The van der Waals surface area contributed by atoms with Gasteiger partial charge in [0, 0.05) is 25.2 Å². The van der Waals surface area contributed by atoms with Crippen LogP contribution in [0, 0.1) is 5.92 Å². The van der Waals surface area contributed by atoms with Gasteiger partial charge in [0.2, 0.25) is 0 Å². The Morgan fingerprint density at radius 2 is 2.08 bits per heavy atom. The van der Waals surface area contributed by atoms with Gasteiger partial charge in [0.05, 0.1) is 18.3 Å². The Balaban J connectivity index is 1.72. The molecule has 0 aliphatic carbocycles. The molecule has 2 rings (SSSR count). The van der Waals surface area contributed by atoms with Gasteiger partial charge in [-0.3, -0.25) is 4.79 Å². The molecule has 2 N–H and O–H groups in total. The van der Waals surface area contributed by atoms with E-state index in [0.717, 1.165) is 25.9 Å². The van der Waals surface area contributed by atoms with E-state index in [-0.39, 0.29) is 11.5 Å². The van der Waals surface area contributed by atoms with E-state index in [2.05, 4.69) is 10.2 Å². The first-order valence-electron chi connectivity index (χ1n) is 9.21. The molecule has 0 saturated carbocycles. The first-order chi connectivity index (χ1) is 11.8. The smallest absolute Gasteiger partial charge is 0.251 e. The summed E-state index contributed by atoms with van der Waals surface area (Å²) in [6.07, 6.45) is 1.73. The summed E-state index contributed by atoms with van der Waals surface area (Å²) in [5.41, 5.74) is 0.470. The largest absolute Gasteiger partial charge is 0.389 e. The van der Waals surface area contributed by atoms with Crippen molar-refractivity contribution < 1.29 is 14.6 Å². The molecule has 2 atom stereocenters.